The number of hydrogen-bond acceptors (Lipinski definition) is 5. The zero-order chi connectivity index (χ0) is 8.81. The van der Waals surface area contributed by atoms with Crippen LogP contribution in [-0.2, 0) is 16.0 Å². The molecule has 0 aromatic carbocycles. The Kier molecular flexibility index (Phi) is 4.09. The van der Waals surface area contributed by atoms with Gasteiger partial charge in [-0.3, -0.25) is 0 Å². The summed E-state index contributed by atoms with van der Waals surface area (Å²) in [7, 11) is 0. The molecular formula is C5H7N4O2Po. The van der Waals surface area contributed by atoms with E-state index in [0.29, 0.717) is 22.9 Å². The van der Waals surface area contributed by atoms with Crippen LogP contribution in [0.2, 0.25) is 4.08 Å². The molecule has 1 aromatic heterocycles. The Labute approximate surface area is 84.2 Å². The van der Waals surface area contributed by atoms with Crippen LogP contribution in [0.5, 0.6) is 0 Å². The second-order valence-corrected chi connectivity index (χ2v) is 3.07. The Morgan fingerprint density at radius 1 is 1.67 bits per heavy atom. The van der Waals surface area contributed by atoms with Crippen molar-refractivity contribution in [1.29, 1.82) is 0 Å². The van der Waals surface area contributed by atoms with Crippen molar-refractivity contribution >= 4 is 31.0 Å². The Morgan fingerprint density at radius 2 is 2.50 bits per heavy atom. The first-order valence-corrected chi connectivity index (χ1v) is 5.53. The van der Waals surface area contributed by atoms with Crippen molar-refractivity contribution < 1.29 is 9.53 Å². The first-order chi connectivity index (χ1) is 5.83. The second-order valence-electron chi connectivity index (χ2n) is 1.94. The SMILES string of the molecule is O=C([CH2][Po])OCCc1nn[nH]n1. The van der Waals surface area contributed by atoms with Crippen molar-refractivity contribution in [3.63, 3.8) is 0 Å². The maximum atomic E-state index is 10.7. The number of H-pyrrole nitrogens is 1. The first kappa shape index (κ1) is 9.52. The van der Waals surface area contributed by atoms with Crippen LogP contribution in [0.1, 0.15) is 5.82 Å². The molecule has 6 nitrogen and oxygen atoms in total. The fourth-order valence-electron chi connectivity index (χ4n) is 0.586. The van der Waals surface area contributed by atoms with E-state index in [-0.39, 0.29) is 5.97 Å². The van der Waals surface area contributed by atoms with E-state index in [4.69, 9.17) is 4.74 Å². The summed E-state index contributed by atoms with van der Waals surface area (Å²) in [6.45, 7) is 0.325. The molecule has 0 saturated heterocycles. The van der Waals surface area contributed by atoms with E-state index in [2.05, 4.69) is 20.6 Å². The average Bonchev–Trinajstić information content (AvgIpc) is 2.57. The molecule has 1 rings (SSSR count). The summed E-state index contributed by atoms with van der Waals surface area (Å²) in [5, 5.41) is 13.1. The molecule has 0 amide bonds. The van der Waals surface area contributed by atoms with Gasteiger partial charge in [0.15, 0.2) is 0 Å². The van der Waals surface area contributed by atoms with Gasteiger partial charge >= 0.3 is 84.1 Å². The third-order valence-electron chi connectivity index (χ3n) is 1.10. The van der Waals surface area contributed by atoms with Crippen LogP contribution in [0.15, 0.2) is 0 Å². The molecule has 0 aliphatic rings. The van der Waals surface area contributed by atoms with Crippen molar-refractivity contribution in [2.45, 2.75) is 10.5 Å². The van der Waals surface area contributed by atoms with Gasteiger partial charge in [0.25, 0.3) is 0 Å². The summed E-state index contributed by atoms with van der Waals surface area (Å²) in [5.41, 5.74) is 0. The molecule has 0 unspecified atom stereocenters. The molecule has 1 N–H and O–H groups in total. The molecular weight excluding hydrogens is 357 g/mol. The quantitative estimate of drug-likeness (QED) is 0.685. The number of nitrogens with one attached hydrogen (secondary N) is 1. The van der Waals surface area contributed by atoms with E-state index < -0.39 is 0 Å². The monoisotopic (exact) mass is 364 g/mol. The Bertz CT molecular complexity index is 238. The van der Waals surface area contributed by atoms with E-state index in [1.54, 1.807) is 0 Å². The van der Waals surface area contributed by atoms with E-state index in [1.165, 1.54) is 25.1 Å². The molecule has 12 heavy (non-hydrogen) atoms. The molecule has 65 valence electrons. The number of carbonyl (C=O) groups is 1. The standard InChI is InChI=1S/C5H7N4O2.Po/c1-4(10)11-3-2-5-6-8-9-7-5;/h1-3H2,(H,6,7,8,9);. The number of hydrogen-bond donors (Lipinski definition) is 1. The van der Waals surface area contributed by atoms with Gasteiger partial charge in [-0.05, 0) is 0 Å². The fraction of sp³-hybridized carbons (Fsp3) is 0.600. The summed E-state index contributed by atoms with van der Waals surface area (Å²) < 4.78 is 5.30. The third kappa shape index (κ3) is 3.22. The molecule has 0 aliphatic carbocycles. The van der Waals surface area contributed by atoms with Gasteiger partial charge in [0.2, 0.25) is 0 Å². The van der Waals surface area contributed by atoms with Crippen LogP contribution in [0.25, 0.3) is 0 Å². The Balaban J connectivity index is 2.15. The van der Waals surface area contributed by atoms with Crippen LogP contribution in [-0.4, -0.2) is 58.3 Å². The zero-order valence-electron chi connectivity index (χ0n) is 6.19. The molecule has 0 spiro atoms. The van der Waals surface area contributed by atoms with Crippen LogP contribution >= 0.6 is 0 Å². The third-order valence-corrected chi connectivity index (χ3v) is 2.01. The molecule has 7 heteroatoms. The van der Waals surface area contributed by atoms with Crippen molar-refractivity contribution in [3.05, 3.63) is 5.82 Å². The van der Waals surface area contributed by atoms with Gasteiger partial charge in [0.1, 0.15) is 0 Å². The van der Waals surface area contributed by atoms with Crippen LogP contribution in [0, 0.1) is 0 Å². The van der Waals surface area contributed by atoms with Gasteiger partial charge in [-0.2, -0.15) is 0 Å². The van der Waals surface area contributed by atoms with Gasteiger partial charge in [-0.15, -0.1) is 0 Å². The number of ether oxygens (including phenoxy) is 1. The summed E-state index contributed by atoms with van der Waals surface area (Å²) in [6, 6.07) is 0. The minimum atomic E-state index is -0.173. The molecule has 0 bridgehead atoms. The topological polar surface area (TPSA) is 80.8 Å². The maximum absolute atomic E-state index is 10.7. The number of aromatic amines is 1. The van der Waals surface area contributed by atoms with Crippen molar-refractivity contribution in [1.82, 2.24) is 20.6 Å². The van der Waals surface area contributed by atoms with Gasteiger partial charge in [-0.25, -0.2) is 0 Å². The Hall–Kier alpha value is -0.564. The van der Waals surface area contributed by atoms with Crippen LogP contribution < -0.4 is 0 Å². The van der Waals surface area contributed by atoms with E-state index in [9.17, 15) is 4.79 Å². The summed E-state index contributed by atoms with van der Waals surface area (Å²) >= 11 is 1.20. The molecule has 0 aliphatic heterocycles. The number of nitrogens with zero attached hydrogens (tertiary/aromatic N) is 3. The van der Waals surface area contributed by atoms with Gasteiger partial charge in [-0.1, -0.05) is 0 Å². The van der Waals surface area contributed by atoms with E-state index in [1.807, 2.05) is 0 Å². The molecule has 1 radical (unpaired) electrons. The number of carbonyl (C=O) groups excluding carboxylic acids is 1. The number of rotatable bonds is 4. The van der Waals surface area contributed by atoms with Gasteiger partial charge in [0, 0.05) is 0 Å². The van der Waals surface area contributed by atoms with Crippen molar-refractivity contribution in [2.24, 2.45) is 0 Å². The second kappa shape index (κ2) is 5.15. The predicted octanol–water partition coefficient (Wildman–Crippen LogP) is -1.13. The average molecular weight is 364 g/mol. The van der Waals surface area contributed by atoms with Crippen LogP contribution in [0.4, 0.5) is 0 Å². The van der Waals surface area contributed by atoms with Crippen molar-refractivity contribution in [3.8, 4) is 0 Å². The number of tetrazole rings is 1. The summed E-state index contributed by atoms with van der Waals surface area (Å²) in [4.78, 5) is 10.7. The molecule has 0 atom stereocenters. The van der Waals surface area contributed by atoms with Gasteiger partial charge < -0.3 is 0 Å². The molecule has 1 heterocycles. The van der Waals surface area contributed by atoms with Crippen LogP contribution in [0.3, 0.4) is 0 Å². The van der Waals surface area contributed by atoms with Crippen molar-refractivity contribution in [2.75, 3.05) is 6.61 Å². The number of aromatic nitrogens is 4. The fourth-order valence-corrected chi connectivity index (χ4v) is 0.910. The number of esters is 1. The summed E-state index contributed by atoms with van der Waals surface area (Å²) in [6.07, 6.45) is 0.511. The normalized spacial score (nSPS) is 9.75. The summed E-state index contributed by atoms with van der Waals surface area (Å²) in [5.74, 6) is 0.389. The molecule has 0 saturated carbocycles. The first-order valence-electron chi connectivity index (χ1n) is 3.29. The molecule has 0 fully saturated rings. The minimum absolute atomic E-state index is 0.173. The van der Waals surface area contributed by atoms with Gasteiger partial charge in [0.05, 0.1) is 0 Å². The van der Waals surface area contributed by atoms with E-state index >= 15 is 0 Å². The zero-order valence-corrected chi connectivity index (χ0v) is 9.36. The molecule has 1 aromatic rings. The van der Waals surface area contributed by atoms with E-state index in [0.717, 1.165) is 0 Å². The predicted molar refractivity (Wildman–Crippen MR) is 39.4 cm³/mol. The Morgan fingerprint density at radius 3 is 3.08 bits per heavy atom.